The van der Waals surface area contributed by atoms with Crippen LogP contribution in [0.3, 0.4) is 0 Å². The molecule has 1 aromatic rings. The molecule has 0 heterocycles. The van der Waals surface area contributed by atoms with E-state index < -0.39 is 33.4 Å². The Labute approximate surface area is 107 Å². The molecule has 0 spiro atoms. The van der Waals surface area contributed by atoms with E-state index in [9.17, 15) is 26.7 Å². The SMILES string of the molecule is O=S(=O)(Nc1cc(C(F)(F)F)ccc1O)NC1CC1. The minimum absolute atomic E-state index is 0.189. The number of halogens is 3. The molecule has 0 radical (unpaired) electrons. The number of phenols is 1. The van der Waals surface area contributed by atoms with E-state index in [1.54, 1.807) is 0 Å². The second kappa shape index (κ2) is 4.57. The highest BCUT2D eigenvalue weighted by molar-refractivity contribution is 7.90. The molecule has 3 N–H and O–H groups in total. The Morgan fingerprint density at radius 2 is 1.89 bits per heavy atom. The summed E-state index contributed by atoms with van der Waals surface area (Å²) in [5.74, 6) is -0.575. The third-order valence-electron chi connectivity index (χ3n) is 2.47. The fourth-order valence-electron chi connectivity index (χ4n) is 1.39. The summed E-state index contributed by atoms with van der Waals surface area (Å²) in [6, 6.07) is 1.81. The molecule has 1 fully saturated rings. The average molecular weight is 296 g/mol. The molecule has 0 aromatic heterocycles. The zero-order chi connectivity index (χ0) is 14.3. The van der Waals surface area contributed by atoms with Gasteiger partial charge in [-0.3, -0.25) is 4.72 Å². The normalized spacial score (nSPS) is 16.4. The van der Waals surface area contributed by atoms with E-state index in [-0.39, 0.29) is 6.04 Å². The van der Waals surface area contributed by atoms with Crippen molar-refractivity contribution in [3.8, 4) is 5.75 Å². The van der Waals surface area contributed by atoms with Gasteiger partial charge in [-0.1, -0.05) is 0 Å². The number of hydrogen-bond acceptors (Lipinski definition) is 3. The first kappa shape index (κ1) is 13.9. The van der Waals surface area contributed by atoms with Crippen LogP contribution in [0.2, 0.25) is 0 Å². The Hall–Kier alpha value is -1.48. The molecule has 9 heteroatoms. The summed E-state index contributed by atoms with van der Waals surface area (Å²) < 4.78 is 64.6. The Kier molecular flexibility index (Phi) is 3.35. The first-order valence-electron chi connectivity index (χ1n) is 5.38. The lowest BCUT2D eigenvalue weighted by atomic mass is 10.2. The predicted molar refractivity (Wildman–Crippen MR) is 61.8 cm³/mol. The van der Waals surface area contributed by atoms with E-state index in [4.69, 9.17) is 0 Å². The quantitative estimate of drug-likeness (QED) is 0.742. The molecule has 0 amide bonds. The second-order valence-electron chi connectivity index (χ2n) is 4.23. The van der Waals surface area contributed by atoms with Crippen LogP contribution in [0.15, 0.2) is 18.2 Å². The van der Waals surface area contributed by atoms with E-state index in [0.29, 0.717) is 25.0 Å². The van der Waals surface area contributed by atoms with Gasteiger partial charge in [-0.25, -0.2) is 0 Å². The van der Waals surface area contributed by atoms with Crippen molar-refractivity contribution >= 4 is 15.9 Å². The fourth-order valence-corrected chi connectivity index (χ4v) is 2.58. The molecule has 1 aliphatic carbocycles. The molecule has 5 nitrogen and oxygen atoms in total. The smallest absolute Gasteiger partial charge is 0.416 e. The van der Waals surface area contributed by atoms with Crippen LogP contribution in [0.25, 0.3) is 0 Å². The number of nitrogens with one attached hydrogen (secondary N) is 2. The summed E-state index contributed by atoms with van der Waals surface area (Å²) >= 11 is 0. The zero-order valence-electron chi connectivity index (χ0n) is 9.53. The maximum Gasteiger partial charge on any atom is 0.416 e. The standard InChI is InChI=1S/C10H11F3N2O3S/c11-10(12,13)6-1-4-9(16)8(5-6)15-19(17,18)14-7-2-3-7/h1,4-5,7,14-16H,2-3H2. The molecular weight excluding hydrogens is 285 g/mol. The van der Waals surface area contributed by atoms with Gasteiger partial charge in [-0.05, 0) is 31.0 Å². The maximum absolute atomic E-state index is 12.5. The maximum atomic E-state index is 12.5. The molecule has 0 saturated heterocycles. The van der Waals surface area contributed by atoms with Crippen molar-refractivity contribution < 1.29 is 26.7 Å². The number of rotatable bonds is 4. The molecule has 106 valence electrons. The molecule has 19 heavy (non-hydrogen) atoms. The van der Waals surface area contributed by atoms with Crippen molar-refractivity contribution in [3.05, 3.63) is 23.8 Å². The van der Waals surface area contributed by atoms with Gasteiger partial charge in [0, 0.05) is 6.04 Å². The second-order valence-corrected chi connectivity index (χ2v) is 5.67. The van der Waals surface area contributed by atoms with Gasteiger partial charge in [0.15, 0.2) is 0 Å². The first-order valence-corrected chi connectivity index (χ1v) is 6.86. The Bertz CT molecular complexity index is 582. The van der Waals surface area contributed by atoms with Crippen LogP contribution in [-0.4, -0.2) is 19.6 Å². The summed E-state index contributed by atoms with van der Waals surface area (Å²) in [4.78, 5) is 0. The summed E-state index contributed by atoms with van der Waals surface area (Å²) in [5, 5.41) is 9.39. The van der Waals surface area contributed by atoms with Gasteiger partial charge in [0.05, 0.1) is 11.3 Å². The lowest BCUT2D eigenvalue weighted by Gasteiger charge is -2.13. The Morgan fingerprint density at radius 3 is 2.42 bits per heavy atom. The molecule has 0 bridgehead atoms. The summed E-state index contributed by atoms with van der Waals surface area (Å²) in [5.41, 5.74) is -1.56. The number of phenolic OH excluding ortho intramolecular Hbond substituents is 1. The third kappa shape index (κ3) is 3.74. The van der Waals surface area contributed by atoms with Gasteiger partial charge in [0.2, 0.25) is 0 Å². The van der Waals surface area contributed by atoms with Gasteiger partial charge in [-0.2, -0.15) is 26.3 Å². The van der Waals surface area contributed by atoms with Gasteiger partial charge >= 0.3 is 6.18 Å². The minimum Gasteiger partial charge on any atom is -0.506 e. The highest BCUT2D eigenvalue weighted by Crippen LogP contribution is 2.34. The highest BCUT2D eigenvalue weighted by atomic mass is 32.2. The molecule has 1 saturated carbocycles. The van der Waals surface area contributed by atoms with Gasteiger partial charge < -0.3 is 5.11 Å². The van der Waals surface area contributed by atoms with Gasteiger partial charge in [0.1, 0.15) is 5.75 Å². The monoisotopic (exact) mass is 296 g/mol. The van der Waals surface area contributed by atoms with Crippen LogP contribution in [0.4, 0.5) is 18.9 Å². The van der Waals surface area contributed by atoms with Crippen LogP contribution < -0.4 is 9.44 Å². The molecular formula is C10H11F3N2O3S. The van der Waals surface area contributed by atoms with Crippen molar-refractivity contribution in [1.29, 1.82) is 0 Å². The van der Waals surface area contributed by atoms with Crippen molar-refractivity contribution in [3.63, 3.8) is 0 Å². The van der Waals surface area contributed by atoms with E-state index in [2.05, 4.69) is 4.72 Å². The van der Waals surface area contributed by atoms with Crippen LogP contribution >= 0.6 is 0 Å². The Morgan fingerprint density at radius 1 is 1.26 bits per heavy atom. The van der Waals surface area contributed by atoms with Crippen molar-refractivity contribution in [1.82, 2.24) is 4.72 Å². The molecule has 0 aliphatic heterocycles. The minimum atomic E-state index is -4.61. The van der Waals surface area contributed by atoms with E-state index in [1.807, 2.05) is 4.72 Å². The molecule has 1 aromatic carbocycles. The fraction of sp³-hybridized carbons (Fsp3) is 0.400. The van der Waals surface area contributed by atoms with Gasteiger partial charge in [0.25, 0.3) is 10.2 Å². The predicted octanol–water partition coefficient (Wildman–Crippen LogP) is 1.82. The van der Waals surface area contributed by atoms with Crippen LogP contribution in [0.1, 0.15) is 18.4 Å². The molecule has 1 aliphatic rings. The van der Waals surface area contributed by atoms with E-state index in [1.165, 1.54) is 0 Å². The molecule has 0 atom stereocenters. The largest absolute Gasteiger partial charge is 0.506 e. The topological polar surface area (TPSA) is 78.4 Å². The summed E-state index contributed by atoms with van der Waals surface area (Å²) in [6.07, 6.45) is -3.23. The number of aromatic hydroxyl groups is 1. The van der Waals surface area contributed by atoms with Crippen LogP contribution in [0.5, 0.6) is 5.75 Å². The van der Waals surface area contributed by atoms with Crippen LogP contribution in [-0.2, 0) is 16.4 Å². The number of anilines is 1. The van der Waals surface area contributed by atoms with Crippen molar-refractivity contribution in [2.45, 2.75) is 25.1 Å². The van der Waals surface area contributed by atoms with Crippen LogP contribution in [0, 0.1) is 0 Å². The van der Waals surface area contributed by atoms with Crippen molar-refractivity contribution in [2.75, 3.05) is 4.72 Å². The third-order valence-corrected chi connectivity index (χ3v) is 3.60. The summed E-state index contributed by atoms with van der Waals surface area (Å²) in [7, 11) is -3.98. The molecule has 2 rings (SSSR count). The first-order chi connectivity index (χ1) is 8.67. The Balaban J connectivity index is 2.23. The average Bonchev–Trinajstić information content (AvgIpc) is 3.02. The lowest BCUT2D eigenvalue weighted by molar-refractivity contribution is -0.137. The lowest BCUT2D eigenvalue weighted by Crippen LogP contribution is -2.31. The number of hydrogen-bond donors (Lipinski definition) is 3. The number of benzene rings is 1. The number of alkyl halides is 3. The van der Waals surface area contributed by atoms with E-state index in [0.717, 1.165) is 6.07 Å². The van der Waals surface area contributed by atoms with E-state index >= 15 is 0 Å². The molecule has 0 unspecified atom stereocenters. The summed E-state index contributed by atoms with van der Waals surface area (Å²) in [6.45, 7) is 0. The zero-order valence-corrected chi connectivity index (χ0v) is 10.3. The van der Waals surface area contributed by atoms with Crippen molar-refractivity contribution in [2.24, 2.45) is 0 Å². The van der Waals surface area contributed by atoms with Gasteiger partial charge in [-0.15, -0.1) is 0 Å². The highest BCUT2D eigenvalue weighted by Gasteiger charge is 2.32.